The summed E-state index contributed by atoms with van der Waals surface area (Å²) in [6.45, 7) is 0.557. The van der Waals surface area contributed by atoms with E-state index in [1.807, 2.05) is 30.3 Å². The fourth-order valence-electron chi connectivity index (χ4n) is 1.69. The summed E-state index contributed by atoms with van der Waals surface area (Å²) < 4.78 is 10.9. The van der Waals surface area contributed by atoms with Crippen molar-refractivity contribution in [3.63, 3.8) is 0 Å². The number of non-ortho nitro benzene ring substituents is 1. The molecule has 5 nitrogen and oxygen atoms in total. The van der Waals surface area contributed by atoms with Crippen LogP contribution in [0.15, 0.2) is 48.5 Å². The molecule has 5 heteroatoms. The molecule has 0 saturated carbocycles. The molecule has 0 aliphatic rings. The lowest BCUT2D eigenvalue weighted by atomic mass is 10.2. The Kier molecular flexibility index (Phi) is 4.78. The van der Waals surface area contributed by atoms with Crippen molar-refractivity contribution in [1.29, 1.82) is 0 Å². The van der Waals surface area contributed by atoms with E-state index in [4.69, 9.17) is 15.9 Å². The molecule has 0 unspecified atom stereocenters. The second kappa shape index (κ2) is 6.96. The van der Waals surface area contributed by atoms with Gasteiger partial charge in [-0.1, -0.05) is 24.1 Å². The van der Waals surface area contributed by atoms with Crippen molar-refractivity contribution >= 4 is 5.69 Å². The summed E-state index contributed by atoms with van der Waals surface area (Å²) in [7, 11) is 0. The van der Waals surface area contributed by atoms with Gasteiger partial charge in [0.05, 0.1) is 16.6 Å². The van der Waals surface area contributed by atoms with Crippen molar-refractivity contribution < 1.29 is 14.4 Å². The van der Waals surface area contributed by atoms with Crippen molar-refractivity contribution in [3.8, 4) is 23.8 Å². The van der Waals surface area contributed by atoms with Crippen LogP contribution in [0.1, 0.15) is 5.56 Å². The number of hydrogen-bond donors (Lipinski definition) is 0. The maximum Gasteiger partial charge on any atom is 0.273 e. The first kappa shape index (κ1) is 14.4. The highest BCUT2D eigenvalue weighted by atomic mass is 16.6. The van der Waals surface area contributed by atoms with E-state index in [2.05, 4.69) is 5.92 Å². The molecular formula is C16H13NO4. The zero-order chi connectivity index (χ0) is 15.1. The summed E-state index contributed by atoms with van der Waals surface area (Å²) >= 11 is 0. The van der Waals surface area contributed by atoms with Crippen LogP contribution in [0.4, 0.5) is 5.69 Å². The minimum atomic E-state index is -0.492. The number of para-hydroxylation sites is 1. The van der Waals surface area contributed by atoms with Crippen LogP contribution in [0.2, 0.25) is 0 Å². The zero-order valence-electron chi connectivity index (χ0n) is 11.2. The van der Waals surface area contributed by atoms with E-state index >= 15 is 0 Å². The van der Waals surface area contributed by atoms with Gasteiger partial charge in [0.25, 0.3) is 5.69 Å². The smallest absolute Gasteiger partial charge is 0.273 e. The number of benzene rings is 2. The van der Waals surface area contributed by atoms with Gasteiger partial charge in [-0.2, -0.15) is 0 Å². The summed E-state index contributed by atoms with van der Waals surface area (Å²) in [5, 5.41) is 10.7. The van der Waals surface area contributed by atoms with E-state index in [0.29, 0.717) is 17.9 Å². The first-order valence-electron chi connectivity index (χ1n) is 6.26. The molecule has 2 aromatic carbocycles. The van der Waals surface area contributed by atoms with Crippen LogP contribution in [0.3, 0.4) is 0 Å². The third-order valence-corrected chi connectivity index (χ3v) is 2.68. The van der Waals surface area contributed by atoms with Crippen LogP contribution < -0.4 is 9.47 Å². The summed E-state index contributed by atoms with van der Waals surface area (Å²) in [6, 6.07) is 13.5. The number of nitro groups is 1. The Morgan fingerprint density at radius 1 is 1.10 bits per heavy atom. The maximum atomic E-state index is 10.7. The largest absolute Gasteiger partial charge is 0.490 e. The Bertz CT molecular complexity index is 662. The van der Waals surface area contributed by atoms with E-state index in [0.717, 1.165) is 5.75 Å². The average molecular weight is 283 g/mol. The normalized spacial score (nSPS) is 9.67. The fraction of sp³-hybridized carbons (Fsp3) is 0.125. The van der Waals surface area contributed by atoms with Gasteiger partial charge in [0.1, 0.15) is 24.7 Å². The molecule has 0 aliphatic heterocycles. The Labute approximate surface area is 122 Å². The predicted molar refractivity (Wildman–Crippen MR) is 78.5 cm³/mol. The molecule has 0 radical (unpaired) electrons. The molecule has 21 heavy (non-hydrogen) atoms. The van der Waals surface area contributed by atoms with E-state index in [-0.39, 0.29) is 12.3 Å². The number of ether oxygens (including phenoxy) is 2. The van der Waals surface area contributed by atoms with Gasteiger partial charge in [-0.3, -0.25) is 10.1 Å². The monoisotopic (exact) mass is 283 g/mol. The minimum absolute atomic E-state index is 0.0621. The van der Waals surface area contributed by atoms with E-state index < -0.39 is 4.92 Å². The van der Waals surface area contributed by atoms with Crippen LogP contribution >= 0.6 is 0 Å². The van der Waals surface area contributed by atoms with E-state index in [1.165, 1.54) is 18.2 Å². The molecule has 0 fully saturated rings. The quantitative estimate of drug-likeness (QED) is 0.354. The van der Waals surface area contributed by atoms with Gasteiger partial charge < -0.3 is 9.47 Å². The van der Waals surface area contributed by atoms with Gasteiger partial charge in [0.15, 0.2) is 0 Å². The fourth-order valence-corrected chi connectivity index (χ4v) is 1.69. The Morgan fingerprint density at radius 2 is 1.81 bits per heavy atom. The standard InChI is InChI=1S/C16H13NO4/c1-2-13-8-9-14(17(18)19)12-16(13)21-11-10-20-15-6-4-3-5-7-15/h1,3-9,12H,10-11H2. The SMILES string of the molecule is C#Cc1ccc([N+](=O)[O-])cc1OCCOc1ccccc1. The van der Waals surface area contributed by atoms with Crippen molar-refractivity contribution in [1.82, 2.24) is 0 Å². The van der Waals surface area contributed by atoms with Crippen LogP contribution in [0.5, 0.6) is 11.5 Å². The third kappa shape index (κ3) is 3.98. The van der Waals surface area contributed by atoms with Crippen LogP contribution in [0, 0.1) is 22.5 Å². The number of nitrogens with zero attached hydrogens (tertiary/aromatic N) is 1. The molecule has 2 aromatic rings. The van der Waals surface area contributed by atoms with Gasteiger partial charge in [-0.15, -0.1) is 6.42 Å². The Balaban J connectivity index is 1.94. The molecule has 0 bridgehead atoms. The number of hydrogen-bond acceptors (Lipinski definition) is 4. The molecule has 0 spiro atoms. The highest BCUT2D eigenvalue weighted by molar-refractivity contribution is 5.51. The third-order valence-electron chi connectivity index (χ3n) is 2.68. The summed E-state index contributed by atoms with van der Waals surface area (Å²) in [6.07, 6.45) is 5.34. The molecular weight excluding hydrogens is 270 g/mol. The molecule has 106 valence electrons. The Morgan fingerprint density at radius 3 is 2.48 bits per heavy atom. The van der Waals surface area contributed by atoms with Crippen molar-refractivity contribution in [3.05, 3.63) is 64.2 Å². The molecule has 0 N–H and O–H groups in total. The van der Waals surface area contributed by atoms with Crippen molar-refractivity contribution in [2.24, 2.45) is 0 Å². The maximum absolute atomic E-state index is 10.7. The molecule has 0 amide bonds. The highest BCUT2D eigenvalue weighted by Gasteiger charge is 2.10. The molecule has 2 rings (SSSR count). The molecule has 0 heterocycles. The minimum Gasteiger partial charge on any atom is -0.490 e. The lowest BCUT2D eigenvalue weighted by molar-refractivity contribution is -0.384. The molecule has 0 atom stereocenters. The molecule has 0 aliphatic carbocycles. The summed E-state index contributed by atoms with van der Waals surface area (Å²) in [4.78, 5) is 10.2. The van der Waals surface area contributed by atoms with Gasteiger partial charge in [-0.05, 0) is 18.2 Å². The van der Waals surface area contributed by atoms with Crippen molar-refractivity contribution in [2.45, 2.75) is 0 Å². The topological polar surface area (TPSA) is 61.6 Å². The van der Waals surface area contributed by atoms with Crippen molar-refractivity contribution in [2.75, 3.05) is 13.2 Å². The number of nitro benzene ring substituents is 1. The average Bonchev–Trinajstić information content (AvgIpc) is 2.52. The zero-order valence-corrected chi connectivity index (χ0v) is 11.2. The van der Waals surface area contributed by atoms with E-state index in [1.54, 1.807) is 0 Å². The summed E-state index contributed by atoms with van der Waals surface area (Å²) in [5.41, 5.74) is 0.410. The lowest BCUT2D eigenvalue weighted by Gasteiger charge is -2.09. The summed E-state index contributed by atoms with van der Waals surface area (Å²) in [5.74, 6) is 3.47. The molecule has 0 saturated heterocycles. The highest BCUT2D eigenvalue weighted by Crippen LogP contribution is 2.24. The lowest BCUT2D eigenvalue weighted by Crippen LogP contribution is -2.09. The van der Waals surface area contributed by atoms with Gasteiger partial charge in [0, 0.05) is 6.07 Å². The molecule has 0 aromatic heterocycles. The first-order valence-corrected chi connectivity index (χ1v) is 6.26. The second-order valence-corrected chi connectivity index (χ2v) is 4.09. The Hall–Kier alpha value is -3.00. The first-order chi connectivity index (χ1) is 10.2. The van der Waals surface area contributed by atoms with Crippen LogP contribution in [-0.4, -0.2) is 18.1 Å². The number of terminal acetylenes is 1. The van der Waals surface area contributed by atoms with Gasteiger partial charge in [-0.25, -0.2) is 0 Å². The second-order valence-electron chi connectivity index (χ2n) is 4.09. The van der Waals surface area contributed by atoms with Crippen LogP contribution in [-0.2, 0) is 0 Å². The van der Waals surface area contributed by atoms with Crippen LogP contribution in [0.25, 0.3) is 0 Å². The number of rotatable bonds is 6. The predicted octanol–water partition coefficient (Wildman–Crippen LogP) is 3.03. The van der Waals surface area contributed by atoms with Gasteiger partial charge in [0.2, 0.25) is 0 Å². The van der Waals surface area contributed by atoms with E-state index in [9.17, 15) is 10.1 Å². The van der Waals surface area contributed by atoms with Gasteiger partial charge >= 0.3 is 0 Å².